The number of amides is 2. The van der Waals surface area contributed by atoms with Gasteiger partial charge < -0.3 is 15.0 Å². The number of carbonyl (C=O) groups is 2. The quantitative estimate of drug-likeness (QED) is 0.912. The summed E-state index contributed by atoms with van der Waals surface area (Å²) in [6.07, 6.45) is 0.831. The van der Waals surface area contributed by atoms with Gasteiger partial charge in [-0.3, -0.25) is 9.59 Å². The Morgan fingerprint density at radius 1 is 1.12 bits per heavy atom. The third kappa shape index (κ3) is 3.43. The molecule has 2 aromatic carbocycles. The van der Waals surface area contributed by atoms with Crippen LogP contribution in [0.2, 0.25) is 0 Å². The van der Waals surface area contributed by atoms with Gasteiger partial charge in [-0.05, 0) is 36.2 Å². The van der Waals surface area contributed by atoms with Crippen LogP contribution in [-0.4, -0.2) is 25.5 Å². The van der Waals surface area contributed by atoms with Crippen LogP contribution in [0.5, 0.6) is 5.75 Å². The predicted molar refractivity (Wildman–Crippen MR) is 103 cm³/mol. The Morgan fingerprint density at radius 3 is 2.54 bits per heavy atom. The normalized spacial score (nSPS) is 13.3. The highest BCUT2D eigenvalue weighted by Crippen LogP contribution is 2.34. The molecule has 5 nitrogen and oxygen atoms in total. The summed E-state index contributed by atoms with van der Waals surface area (Å²) in [7, 11) is 1.54. The molecule has 2 amide bonds. The van der Waals surface area contributed by atoms with E-state index in [9.17, 15) is 9.59 Å². The molecule has 0 radical (unpaired) electrons. The molecule has 26 heavy (non-hydrogen) atoms. The van der Waals surface area contributed by atoms with E-state index in [4.69, 9.17) is 4.74 Å². The van der Waals surface area contributed by atoms with Crippen molar-refractivity contribution in [1.82, 2.24) is 0 Å². The maximum absolute atomic E-state index is 12.7. The zero-order chi connectivity index (χ0) is 18.9. The summed E-state index contributed by atoms with van der Waals surface area (Å²) in [6, 6.07) is 12.8. The summed E-state index contributed by atoms with van der Waals surface area (Å²) in [4.78, 5) is 27.1. The number of para-hydroxylation sites is 1. The summed E-state index contributed by atoms with van der Waals surface area (Å²) in [6.45, 7) is 6.43. The molecule has 3 rings (SSSR count). The fraction of sp³-hybridized carbons (Fsp3) is 0.333. The largest absolute Gasteiger partial charge is 0.496 e. The lowest BCUT2D eigenvalue weighted by molar-refractivity contribution is -0.125. The van der Waals surface area contributed by atoms with E-state index in [-0.39, 0.29) is 11.8 Å². The van der Waals surface area contributed by atoms with Gasteiger partial charge in [0.25, 0.3) is 5.91 Å². The van der Waals surface area contributed by atoms with Gasteiger partial charge in [0, 0.05) is 23.3 Å². The summed E-state index contributed by atoms with van der Waals surface area (Å²) in [5, 5.41) is 2.90. The molecule has 136 valence electrons. The molecular weight excluding hydrogens is 328 g/mol. The molecule has 0 aliphatic carbocycles. The van der Waals surface area contributed by atoms with Crippen molar-refractivity contribution in [3.63, 3.8) is 0 Å². The first-order valence-corrected chi connectivity index (χ1v) is 8.70. The fourth-order valence-electron chi connectivity index (χ4n) is 3.10. The molecule has 5 heteroatoms. The molecule has 0 saturated carbocycles. The molecule has 0 spiro atoms. The molecule has 2 aromatic rings. The van der Waals surface area contributed by atoms with Gasteiger partial charge in [-0.25, -0.2) is 0 Å². The van der Waals surface area contributed by atoms with E-state index in [1.807, 2.05) is 49.9 Å². The first-order valence-electron chi connectivity index (χ1n) is 8.70. The molecule has 0 bridgehead atoms. The minimum atomic E-state index is -0.446. The van der Waals surface area contributed by atoms with Crippen LogP contribution in [-0.2, 0) is 11.2 Å². The van der Waals surface area contributed by atoms with Crippen LogP contribution >= 0.6 is 0 Å². The molecule has 0 fully saturated rings. The van der Waals surface area contributed by atoms with Crippen LogP contribution in [0.3, 0.4) is 0 Å². The molecule has 1 aliphatic rings. The number of hydrogen-bond acceptors (Lipinski definition) is 3. The fourth-order valence-corrected chi connectivity index (χ4v) is 3.10. The van der Waals surface area contributed by atoms with Crippen molar-refractivity contribution < 1.29 is 14.3 Å². The van der Waals surface area contributed by atoms with Crippen LogP contribution in [0.4, 0.5) is 11.4 Å². The molecule has 1 N–H and O–H groups in total. The van der Waals surface area contributed by atoms with Crippen molar-refractivity contribution in [1.29, 1.82) is 0 Å². The van der Waals surface area contributed by atoms with Gasteiger partial charge in [-0.2, -0.15) is 0 Å². The Bertz CT molecular complexity index is 853. The third-order valence-corrected chi connectivity index (χ3v) is 4.48. The van der Waals surface area contributed by atoms with Crippen molar-refractivity contribution in [2.45, 2.75) is 27.2 Å². The van der Waals surface area contributed by atoms with Gasteiger partial charge in [0.05, 0.1) is 12.7 Å². The van der Waals surface area contributed by atoms with E-state index in [2.05, 4.69) is 5.32 Å². The van der Waals surface area contributed by atoms with Gasteiger partial charge in [-0.15, -0.1) is 0 Å². The monoisotopic (exact) mass is 352 g/mol. The highest BCUT2D eigenvalue weighted by molar-refractivity contribution is 6.07. The van der Waals surface area contributed by atoms with Crippen LogP contribution in [0.15, 0.2) is 42.5 Å². The number of methoxy groups -OCH3 is 1. The Balaban J connectivity index is 1.85. The molecule has 1 aliphatic heterocycles. The lowest BCUT2D eigenvalue weighted by Gasteiger charge is -2.26. The lowest BCUT2D eigenvalue weighted by atomic mass is 9.94. The SMILES string of the molecule is COc1ccccc1C(=O)Nc1ccc2c(c1)N(C(=O)C(C)(C)C)CC2. The second-order valence-corrected chi connectivity index (χ2v) is 7.45. The highest BCUT2D eigenvalue weighted by Gasteiger charge is 2.32. The smallest absolute Gasteiger partial charge is 0.259 e. The van der Waals surface area contributed by atoms with Gasteiger partial charge >= 0.3 is 0 Å². The number of ether oxygens (including phenoxy) is 1. The van der Waals surface area contributed by atoms with Crippen molar-refractivity contribution in [3.05, 3.63) is 53.6 Å². The average molecular weight is 352 g/mol. The number of fused-ring (bicyclic) bond motifs is 1. The molecule has 0 atom stereocenters. The number of nitrogens with one attached hydrogen (secondary N) is 1. The number of hydrogen-bond donors (Lipinski definition) is 1. The van der Waals surface area contributed by atoms with Crippen LogP contribution in [0.1, 0.15) is 36.7 Å². The summed E-state index contributed by atoms with van der Waals surface area (Å²) in [5.74, 6) is 0.370. The Kier molecular flexibility index (Phi) is 4.72. The van der Waals surface area contributed by atoms with Crippen LogP contribution in [0, 0.1) is 5.41 Å². The zero-order valence-corrected chi connectivity index (χ0v) is 15.6. The van der Waals surface area contributed by atoms with Crippen molar-refractivity contribution in [2.75, 3.05) is 23.9 Å². The first-order chi connectivity index (χ1) is 12.3. The maximum Gasteiger partial charge on any atom is 0.259 e. The highest BCUT2D eigenvalue weighted by atomic mass is 16.5. The van der Waals surface area contributed by atoms with E-state index in [1.54, 1.807) is 18.2 Å². The van der Waals surface area contributed by atoms with Crippen molar-refractivity contribution >= 4 is 23.2 Å². The maximum atomic E-state index is 12.7. The number of benzene rings is 2. The van der Waals surface area contributed by atoms with E-state index >= 15 is 0 Å². The lowest BCUT2D eigenvalue weighted by Crippen LogP contribution is -2.38. The Morgan fingerprint density at radius 2 is 1.85 bits per heavy atom. The summed E-state index contributed by atoms with van der Waals surface area (Å²) < 4.78 is 5.25. The van der Waals surface area contributed by atoms with Gasteiger partial charge in [-0.1, -0.05) is 39.0 Å². The zero-order valence-electron chi connectivity index (χ0n) is 15.6. The Labute approximate surface area is 154 Å². The number of nitrogens with zero attached hydrogens (tertiary/aromatic N) is 1. The molecular formula is C21H24N2O3. The molecule has 0 saturated heterocycles. The predicted octanol–water partition coefficient (Wildman–Crippen LogP) is 3.88. The van der Waals surface area contributed by atoms with Crippen LogP contribution < -0.4 is 15.0 Å². The topological polar surface area (TPSA) is 58.6 Å². The van der Waals surface area contributed by atoms with Gasteiger partial charge in [0.1, 0.15) is 5.75 Å². The number of rotatable bonds is 3. The van der Waals surface area contributed by atoms with Crippen molar-refractivity contribution in [2.24, 2.45) is 5.41 Å². The van der Waals surface area contributed by atoms with Gasteiger partial charge in [0.2, 0.25) is 5.91 Å². The number of anilines is 2. The Hall–Kier alpha value is -2.82. The minimum Gasteiger partial charge on any atom is -0.496 e. The molecule has 1 heterocycles. The minimum absolute atomic E-state index is 0.0875. The van der Waals surface area contributed by atoms with E-state index in [1.165, 1.54) is 7.11 Å². The standard InChI is InChI=1S/C21H24N2O3/c1-21(2,3)20(25)23-12-11-14-9-10-15(13-17(14)23)22-19(24)16-7-5-6-8-18(16)26-4/h5-10,13H,11-12H2,1-4H3,(H,22,24). The number of carbonyl (C=O) groups excluding carboxylic acids is 2. The third-order valence-electron chi connectivity index (χ3n) is 4.48. The van der Waals surface area contributed by atoms with E-state index < -0.39 is 5.41 Å². The van der Waals surface area contributed by atoms with E-state index in [0.717, 1.165) is 17.7 Å². The summed E-state index contributed by atoms with van der Waals surface area (Å²) in [5.41, 5.74) is 2.69. The first kappa shape index (κ1) is 18.0. The molecule has 0 unspecified atom stereocenters. The second-order valence-electron chi connectivity index (χ2n) is 7.45. The second kappa shape index (κ2) is 6.83. The summed E-state index contributed by atoms with van der Waals surface area (Å²) >= 11 is 0. The average Bonchev–Trinajstić information content (AvgIpc) is 3.03. The van der Waals surface area contributed by atoms with E-state index in [0.29, 0.717) is 23.5 Å². The van der Waals surface area contributed by atoms with Gasteiger partial charge in [0.15, 0.2) is 0 Å². The van der Waals surface area contributed by atoms with Crippen LogP contribution in [0.25, 0.3) is 0 Å². The van der Waals surface area contributed by atoms with Crippen molar-refractivity contribution in [3.8, 4) is 5.75 Å². The molecule has 0 aromatic heterocycles.